The number of carboxylic acids is 2. The van der Waals surface area contributed by atoms with E-state index in [4.69, 9.17) is 19.5 Å². The molecule has 4 aliphatic carbocycles. The second-order valence-electron chi connectivity index (χ2n) is 12.8. The van der Waals surface area contributed by atoms with Crippen LogP contribution in [0, 0.1) is 46.3 Å². The van der Waals surface area contributed by atoms with Crippen LogP contribution in [0.25, 0.3) is 0 Å². The SMILES string of the molecule is COC(=O)CC[C@@H](C)[C@H]1CC[C@H]2[C@@H]3[C@H](O)C[C@@H]4C/C(=N\OCC(=O)O)CC[C@]4(C)[C@H]3C/C(=N/OCC(=O)O)[C@]12C. The van der Waals surface area contributed by atoms with Crippen molar-refractivity contribution in [1.29, 1.82) is 0 Å². The Morgan fingerprint density at radius 3 is 2.35 bits per heavy atom. The number of carboxylic acid groups (broad SMARTS) is 2. The molecule has 3 N–H and O–H groups in total. The highest BCUT2D eigenvalue weighted by atomic mass is 16.6. The predicted octanol–water partition coefficient (Wildman–Crippen LogP) is 3.73. The topological polar surface area (TPSA) is 164 Å². The van der Waals surface area contributed by atoms with Gasteiger partial charge in [0.2, 0.25) is 13.2 Å². The van der Waals surface area contributed by atoms with Crippen molar-refractivity contribution in [2.24, 2.45) is 56.6 Å². The van der Waals surface area contributed by atoms with Crippen LogP contribution < -0.4 is 0 Å². The van der Waals surface area contributed by atoms with E-state index in [9.17, 15) is 24.6 Å². The minimum absolute atomic E-state index is 0.0734. The number of hydrogen-bond donors (Lipinski definition) is 3. The number of aliphatic hydroxyl groups excluding tert-OH is 1. The van der Waals surface area contributed by atoms with Crippen molar-refractivity contribution in [2.75, 3.05) is 20.3 Å². The monoisotopic (exact) mass is 564 g/mol. The highest BCUT2D eigenvalue weighted by molar-refractivity contribution is 5.92. The molecule has 4 fully saturated rings. The second-order valence-corrected chi connectivity index (χ2v) is 12.8. The van der Waals surface area contributed by atoms with Crippen molar-refractivity contribution >= 4 is 29.3 Å². The van der Waals surface area contributed by atoms with Crippen LogP contribution in [-0.2, 0) is 28.8 Å². The summed E-state index contributed by atoms with van der Waals surface area (Å²) < 4.78 is 4.86. The number of carbonyl (C=O) groups is 3. The molecule has 0 saturated heterocycles. The van der Waals surface area contributed by atoms with E-state index in [1.54, 1.807) is 0 Å². The Labute approximate surface area is 235 Å². The number of nitrogens with zero attached hydrogens (tertiary/aromatic N) is 2. The number of esters is 1. The van der Waals surface area contributed by atoms with Gasteiger partial charge >= 0.3 is 17.9 Å². The summed E-state index contributed by atoms with van der Waals surface area (Å²) in [5.74, 6) is -1.44. The van der Waals surface area contributed by atoms with Crippen LogP contribution in [0.2, 0.25) is 0 Å². The van der Waals surface area contributed by atoms with Gasteiger partial charge in [-0.3, -0.25) is 4.79 Å². The zero-order valence-electron chi connectivity index (χ0n) is 24.0. The zero-order chi connectivity index (χ0) is 29.2. The normalized spacial score (nSPS) is 39.5. The first-order valence-electron chi connectivity index (χ1n) is 14.5. The maximum absolute atomic E-state index is 11.9. The Morgan fingerprint density at radius 1 is 1.02 bits per heavy atom. The molecule has 0 spiro atoms. The molecule has 9 atom stereocenters. The van der Waals surface area contributed by atoms with E-state index in [1.165, 1.54) is 7.11 Å². The van der Waals surface area contributed by atoms with Crippen molar-refractivity contribution in [2.45, 2.75) is 84.7 Å². The summed E-state index contributed by atoms with van der Waals surface area (Å²) in [6.45, 7) is 5.66. The number of carbonyl (C=O) groups excluding carboxylic acids is 1. The van der Waals surface area contributed by atoms with Crippen LogP contribution in [0.5, 0.6) is 0 Å². The molecular formula is C29H44N2O9. The van der Waals surface area contributed by atoms with Crippen molar-refractivity contribution in [3.63, 3.8) is 0 Å². The Kier molecular flexibility index (Phi) is 9.11. The lowest BCUT2D eigenvalue weighted by atomic mass is 9.43. The molecule has 0 aromatic carbocycles. The van der Waals surface area contributed by atoms with Crippen LogP contribution in [-0.4, -0.2) is 71.1 Å². The summed E-state index contributed by atoms with van der Waals surface area (Å²) in [5, 5.41) is 38.3. The summed E-state index contributed by atoms with van der Waals surface area (Å²) in [6, 6.07) is 0. The molecule has 224 valence electrons. The van der Waals surface area contributed by atoms with Crippen molar-refractivity contribution in [3.05, 3.63) is 0 Å². The van der Waals surface area contributed by atoms with E-state index in [-0.39, 0.29) is 52.3 Å². The van der Waals surface area contributed by atoms with E-state index in [0.717, 1.165) is 30.7 Å². The maximum atomic E-state index is 11.9. The third-order valence-corrected chi connectivity index (χ3v) is 10.9. The maximum Gasteiger partial charge on any atom is 0.344 e. The lowest BCUT2D eigenvalue weighted by Gasteiger charge is -2.62. The van der Waals surface area contributed by atoms with E-state index in [2.05, 4.69) is 31.1 Å². The van der Waals surface area contributed by atoms with Crippen molar-refractivity contribution in [1.82, 2.24) is 0 Å². The molecule has 11 heteroatoms. The van der Waals surface area contributed by atoms with Gasteiger partial charge in [-0.15, -0.1) is 0 Å². The van der Waals surface area contributed by atoms with Gasteiger partial charge in [-0.05, 0) is 92.3 Å². The summed E-state index contributed by atoms with van der Waals surface area (Å²) in [7, 11) is 1.40. The van der Waals surface area contributed by atoms with Crippen LogP contribution in [0.3, 0.4) is 0 Å². The molecule has 4 aliphatic rings. The number of oxime groups is 2. The Bertz CT molecular complexity index is 1040. The van der Waals surface area contributed by atoms with Gasteiger partial charge in [0.1, 0.15) is 0 Å². The molecule has 0 radical (unpaired) electrons. The van der Waals surface area contributed by atoms with Gasteiger partial charge in [0.05, 0.1) is 24.6 Å². The average molecular weight is 565 g/mol. The molecule has 40 heavy (non-hydrogen) atoms. The summed E-state index contributed by atoms with van der Waals surface area (Å²) in [6.07, 6.45) is 5.83. The standard InChI is InChI=1S/C29H44N2O9/c1-16(5-8-26(37)38-4)19-6-7-20-27-21(13-23(29(19,20)3)31-40-15-25(35)36)28(2)10-9-18(30-39-14-24(33)34)11-17(28)12-22(27)32/h16-17,19-22,27,32H,5-15H2,1-4H3,(H,33,34)(H,35,36)/b30-18-,31-23-/t16-,17+,19-,20+,21+,22-,27+,28+,29-/m1/s1. The van der Waals surface area contributed by atoms with Gasteiger partial charge in [-0.25, -0.2) is 9.59 Å². The molecule has 0 aromatic rings. The summed E-state index contributed by atoms with van der Waals surface area (Å²) >= 11 is 0. The van der Waals surface area contributed by atoms with E-state index >= 15 is 0 Å². The van der Waals surface area contributed by atoms with Gasteiger partial charge in [-0.1, -0.05) is 31.1 Å². The second kappa shape index (κ2) is 12.0. The number of aliphatic carboxylic acids is 2. The van der Waals surface area contributed by atoms with E-state index in [1.807, 2.05) is 0 Å². The molecule has 4 rings (SSSR count). The number of methoxy groups -OCH3 is 1. The van der Waals surface area contributed by atoms with E-state index < -0.39 is 31.3 Å². The molecule has 0 aromatic heterocycles. The largest absolute Gasteiger partial charge is 0.479 e. The van der Waals surface area contributed by atoms with Crippen LogP contribution in [0.4, 0.5) is 0 Å². The molecule has 4 saturated carbocycles. The van der Waals surface area contributed by atoms with Gasteiger partial charge in [-0.2, -0.15) is 0 Å². The fourth-order valence-corrected chi connectivity index (χ4v) is 8.92. The third kappa shape index (κ3) is 5.71. The molecule has 11 nitrogen and oxygen atoms in total. The van der Waals surface area contributed by atoms with Crippen LogP contribution in [0.15, 0.2) is 10.3 Å². The fourth-order valence-electron chi connectivity index (χ4n) is 8.92. The third-order valence-electron chi connectivity index (χ3n) is 10.9. The number of aliphatic hydroxyl groups is 1. The molecule has 0 amide bonds. The quantitative estimate of drug-likeness (QED) is 0.265. The molecule has 0 unspecified atom stereocenters. The zero-order valence-corrected chi connectivity index (χ0v) is 24.0. The number of rotatable bonds is 10. The van der Waals surface area contributed by atoms with Gasteiger partial charge in [0, 0.05) is 11.8 Å². The van der Waals surface area contributed by atoms with Crippen LogP contribution in [0.1, 0.15) is 78.6 Å². The van der Waals surface area contributed by atoms with E-state index in [0.29, 0.717) is 38.5 Å². The lowest BCUT2D eigenvalue weighted by molar-refractivity contribution is -0.143. The number of ether oxygens (including phenoxy) is 1. The summed E-state index contributed by atoms with van der Waals surface area (Å²) in [5.41, 5.74) is 1.21. The van der Waals surface area contributed by atoms with Crippen molar-refractivity contribution < 1.29 is 44.1 Å². The Balaban J connectivity index is 1.63. The first-order valence-corrected chi connectivity index (χ1v) is 14.5. The van der Waals surface area contributed by atoms with Gasteiger partial charge < -0.3 is 29.7 Å². The van der Waals surface area contributed by atoms with Gasteiger partial charge in [0.15, 0.2) is 0 Å². The smallest absolute Gasteiger partial charge is 0.344 e. The minimum Gasteiger partial charge on any atom is -0.479 e. The lowest BCUT2D eigenvalue weighted by Crippen LogP contribution is -2.61. The number of fused-ring (bicyclic) bond motifs is 5. The molecule has 0 bridgehead atoms. The molecule has 0 aliphatic heterocycles. The molecular weight excluding hydrogens is 520 g/mol. The van der Waals surface area contributed by atoms with Gasteiger partial charge in [0.25, 0.3) is 0 Å². The minimum atomic E-state index is -1.08. The van der Waals surface area contributed by atoms with Crippen molar-refractivity contribution in [3.8, 4) is 0 Å². The predicted molar refractivity (Wildman–Crippen MR) is 144 cm³/mol. The first kappa shape index (κ1) is 30.3. The fraction of sp³-hybridized carbons (Fsp3) is 0.828. The van der Waals surface area contributed by atoms with Crippen LogP contribution >= 0.6 is 0 Å². The highest BCUT2D eigenvalue weighted by Gasteiger charge is 2.65. The average Bonchev–Trinajstić information content (AvgIpc) is 3.25. The first-order chi connectivity index (χ1) is 18.9. The Morgan fingerprint density at radius 2 is 1.70 bits per heavy atom. The summed E-state index contributed by atoms with van der Waals surface area (Å²) in [4.78, 5) is 44.3. The molecule has 0 heterocycles. The number of hydrogen-bond acceptors (Lipinski definition) is 9. The Hall–Kier alpha value is -2.69. The highest BCUT2D eigenvalue weighted by Crippen LogP contribution is 2.67.